The third-order valence-electron chi connectivity index (χ3n) is 12.6. The Morgan fingerprint density at radius 2 is 1.04 bits per heavy atom. The molecule has 57 heavy (non-hydrogen) atoms. The van der Waals surface area contributed by atoms with Crippen LogP contribution in [0.5, 0.6) is 0 Å². The first-order chi connectivity index (χ1) is 27.8. The van der Waals surface area contributed by atoms with Crippen molar-refractivity contribution in [1.29, 1.82) is 0 Å². The first-order valence-electron chi connectivity index (χ1n) is 19.9. The summed E-state index contributed by atoms with van der Waals surface area (Å²) in [6.07, 6.45) is 0. The molecule has 0 atom stereocenters. The van der Waals surface area contributed by atoms with Gasteiger partial charge in [-0.2, -0.15) is 0 Å². The van der Waals surface area contributed by atoms with Crippen LogP contribution in [0.2, 0.25) is 0 Å². The summed E-state index contributed by atoms with van der Waals surface area (Å²) < 4.78 is 6.39. The second-order valence-corrected chi connectivity index (χ2v) is 16.6. The van der Waals surface area contributed by atoms with Gasteiger partial charge in [0, 0.05) is 44.4 Å². The number of anilines is 6. The van der Waals surface area contributed by atoms with Crippen LogP contribution in [0.25, 0.3) is 44.2 Å². The SMILES string of the molecule is CC1(C)c2ccccc2N(c2ccccc2)c2ccc(N(c3ccc(-c4ccccc4)cc3)c3ccc4c(c3)C(C)(C)c3ccc5oc6ccccc6c5c3-4)cc21. The van der Waals surface area contributed by atoms with Crippen LogP contribution in [-0.2, 0) is 10.8 Å². The van der Waals surface area contributed by atoms with E-state index in [2.05, 4.69) is 219 Å². The Morgan fingerprint density at radius 3 is 1.82 bits per heavy atom. The van der Waals surface area contributed by atoms with Gasteiger partial charge >= 0.3 is 0 Å². The van der Waals surface area contributed by atoms with Gasteiger partial charge in [-0.15, -0.1) is 0 Å². The average Bonchev–Trinajstić information content (AvgIpc) is 3.74. The summed E-state index contributed by atoms with van der Waals surface area (Å²) in [4.78, 5) is 4.87. The molecule has 1 aromatic heterocycles. The fraction of sp³-hybridized carbons (Fsp3) is 0.111. The summed E-state index contributed by atoms with van der Waals surface area (Å²) in [5, 5.41) is 2.37. The molecule has 2 aliphatic rings. The van der Waals surface area contributed by atoms with E-state index in [9.17, 15) is 0 Å². The zero-order chi connectivity index (χ0) is 38.5. The van der Waals surface area contributed by atoms with Crippen molar-refractivity contribution in [2.24, 2.45) is 0 Å². The first kappa shape index (κ1) is 33.5. The van der Waals surface area contributed by atoms with E-state index in [0.717, 1.165) is 33.9 Å². The molecule has 0 bridgehead atoms. The highest BCUT2D eigenvalue weighted by Crippen LogP contribution is 2.56. The molecular weight excluding hydrogens is 693 g/mol. The Labute approximate surface area is 334 Å². The molecule has 0 fully saturated rings. The molecule has 0 spiro atoms. The van der Waals surface area contributed by atoms with Gasteiger partial charge in [0.25, 0.3) is 0 Å². The van der Waals surface area contributed by atoms with Crippen LogP contribution in [0.3, 0.4) is 0 Å². The van der Waals surface area contributed by atoms with Gasteiger partial charge in [-0.05, 0) is 117 Å². The Balaban J connectivity index is 1.11. The number of benzene rings is 8. The van der Waals surface area contributed by atoms with Gasteiger partial charge in [0.1, 0.15) is 11.2 Å². The average molecular weight is 735 g/mol. The van der Waals surface area contributed by atoms with Crippen molar-refractivity contribution in [2.45, 2.75) is 38.5 Å². The normalized spacial score (nSPS) is 14.6. The van der Waals surface area contributed by atoms with Crippen molar-refractivity contribution in [3.05, 3.63) is 204 Å². The third-order valence-corrected chi connectivity index (χ3v) is 12.6. The molecule has 0 saturated heterocycles. The lowest BCUT2D eigenvalue weighted by Crippen LogP contribution is -2.31. The Hall–Kier alpha value is -6.84. The van der Waals surface area contributed by atoms with Crippen LogP contribution >= 0.6 is 0 Å². The first-order valence-corrected chi connectivity index (χ1v) is 19.9. The monoisotopic (exact) mass is 734 g/mol. The van der Waals surface area contributed by atoms with Crippen molar-refractivity contribution in [3.8, 4) is 22.3 Å². The number of hydrogen-bond acceptors (Lipinski definition) is 3. The van der Waals surface area contributed by atoms with E-state index in [1.807, 2.05) is 0 Å². The summed E-state index contributed by atoms with van der Waals surface area (Å²) in [6, 6.07) is 66.3. The molecule has 2 heterocycles. The summed E-state index contributed by atoms with van der Waals surface area (Å²) in [5.41, 5.74) is 18.6. The molecule has 0 amide bonds. The highest BCUT2D eigenvalue weighted by molar-refractivity contribution is 6.15. The predicted molar refractivity (Wildman–Crippen MR) is 238 cm³/mol. The molecular formula is C54H42N2O. The van der Waals surface area contributed by atoms with Crippen molar-refractivity contribution in [2.75, 3.05) is 9.80 Å². The number of hydrogen-bond donors (Lipinski definition) is 0. The number of fused-ring (bicyclic) bond motifs is 9. The topological polar surface area (TPSA) is 19.6 Å². The lowest BCUT2D eigenvalue weighted by molar-refractivity contribution is 0.632. The predicted octanol–water partition coefficient (Wildman–Crippen LogP) is 15.1. The molecule has 3 heteroatoms. The third kappa shape index (κ3) is 4.98. The van der Waals surface area contributed by atoms with Crippen molar-refractivity contribution in [3.63, 3.8) is 0 Å². The Morgan fingerprint density at radius 1 is 0.439 bits per heavy atom. The number of rotatable bonds is 5. The minimum Gasteiger partial charge on any atom is -0.456 e. The molecule has 8 aromatic carbocycles. The standard InChI is InChI=1S/C54H42N2O/c1-53(2)43-20-12-13-21-47(43)56(37-17-9-6-10-18-37)48-31-28-40(34-46(48)53)55(38-25-23-36(24-26-38)35-15-7-5-8-16-35)39-27-29-41-45(33-39)54(3,4)44-30-32-50-52(51(41)44)42-19-11-14-22-49(42)57-50/h5-34H,1-4H3. The molecule has 1 aliphatic heterocycles. The van der Waals surface area contributed by atoms with Gasteiger partial charge in [-0.25, -0.2) is 0 Å². The maximum Gasteiger partial charge on any atom is 0.136 e. The van der Waals surface area contributed by atoms with Crippen LogP contribution < -0.4 is 9.80 Å². The second-order valence-electron chi connectivity index (χ2n) is 16.6. The van der Waals surface area contributed by atoms with Gasteiger partial charge in [-0.1, -0.05) is 137 Å². The molecule has 9 aromatic rings. The molecule has 0 saturated carbocycles. The van der Waals surface area contributed by atoms with E-state index < -0.39 is 0 Å². The Bertz CT molecular complexity index is 3010. The highest BCUT2D eigenvalue weighted by Gasteiger charge is 2.40. The van der Waals surface area contributed by atoms with Crippen molar-refractivity contribution >= 4 is 56.1 Å². The van der Waals surface area contributed by atoms with Gasteiger partial charge in [0.15, 0.2) is 0 Å². The van der Waals surface area contributed by atoms with E-state index in [-0.39, 0.29) is 10.8 Å². The van der Waals surface area contributed by atoms with Crippen molar-refractivity contribution < 1.29 is 4.42 Å². The largest absolute Gasteiger partial charge is 0.456 e. The summed E-state index contributed by atoms with van der Waals surface area (Å²) in [6.45, 7) is 9.47. The van der Waals surface area contributed by atoms with Gasteiger partial charge in [0.2, 0.25) is 0 Å². The minimum atomic E-state index is -0.240. The Kier molecular flexibility index (Phi) is 7.25. The second kappa shape index (κ2) is 12.3. The molecule has 0 radical (unpaired) electrons. The van der Waals surface area contributed by atoms with Crippen LogP contribution in [-0.4, -0.2) is 0 Å². The van der Waals surface area contributed by atoms with Gasteiger partial charge in [0.05, 0.1) is 11.4 Å². The molecule has 11 rings (SSSR count). The van der Waals surface area contributed by atoms with E-state index in [1.165, 1.54) is 66.7 Å². The van der Waals surface area contributed by atoms with Gasteiger partial charge < -0.3 is 14.2 Å². The van der Waals surface area contributed by atoms with Crippen LogP contribution in [0.1, 0.15) is 49.9 Å². The quantitative estimate of drug-likeness (QED) is 0.176. The fourth-order valence-corrected chi connectivity index (χ4v) is 9.74. The maximum atomic E-state index is 6.39. The lowest BCUT2D eigenvalue weighted by atomic mass is 9.73. The molecule has 274 valence electrons. The van der Waals surface area contributed by atoms with E-state index in [0.29, 0.717) is 0 Å². The lowest BCUT2D eigenvalue weighted by Gasteiger charge is -2.42. The van der Waals surface area contributed by atoms with Crippen LogP contribution in [0.4, 0.5) is 34.1 Å². The van der Waals surface area contributed by atoms with E-state index in [1.54, 1.807) is 0 Å². The fourth-order valence-electron chi connectivity index (χ4n) is 9.74. The zero-order valence-electron chi connectivity index (χ0n) is 32.6. The van der Waals surface area contributed by atoms with Crippen LogP contribution in [0, 0.1) is 0 Å². The van der Waals surface area contributed by atoms with Gasteiger partial charge in [-0.3, -0.25) is 0 Å². The minimum absolute atomic E-state index is 0.214. The summed E-state index contributed by atoms with van der Waals surface area (Å²) >= 11 is 0. The summed E-state index contributed by atoms with van der Waals surface area (Å²) in [5.74, 6) is 0. The van der Waals surface area contributed by atoms with Crippen molar-refractivity contribution in [1.82, 2.24) is 0 Å². The molecule has 3 nitrogen and oxygen atoms in total. The molecule has 0 unspecified atom stereocenters. The number of furan rings is 1. The smallest absolute Gasteiger partial charge is 0.136 e. The van der Waals surface area contributed by atoms with E-state index in [4.69, 9.17) is 4.42 Å². The number of nitrogens with zero attached hydrogens (tertiary/aromatic N) is 2. The zero-order valence-corrected chi connectivity index (χ0v) is 32.6. The van der Waals surface area contributed by atoms with Crippen LogP contribution in [0.15, 0.2) is 186 Å². The van der Waals surface area contributed by atoms with E-state index >= 15 is 0 Å². The molecule has 0 N–H and O–H groups in total. The summed E-state index contributed by atoms with van der Waals surface area (Å²) in [7, 11) is 0. The number of para-hydroxylation sites is 3. The molecule has 1 aliphatic carbocycles. The maximum absolute atomic E-state index is 6.39. The highest BCUT2D eigenvalue weighted by atomic mass is 16.3.